The van der Waals surface area contributed by atoms with Crippen molar-refractivity contribution in [3.63, 3.8) is 0 Å². The highest BCUT2D eigenvalue weighted by atomic mass is 19.2. The van der Waals surface area contributed by atoms with Gasteiger partial charge in [0.15, 0.2) is 0 Å². The molecule has 0 bridgehead atoms. The molecule has 0 aliphatic rings. The van der Waals surface area contributed by atoms with Gasteiger partial charge >= 0.3 is 6.09 Å². The number of nitrogens with one attached hydrogen (secondary N) is 2. The summed E-state index contributed by atoms with van der Waals surface area (Å²) < 4.78 is 16.4. The predicted molar refractivity (Wildman–Crippen MR) is 55.8 cm³/mol. The van der Waals surface area contributed by atoms with Crippen LogP contribution in [0.3, 0.4) is 0 Å². The van der Waals surface area contributed by atoms with Gasteiger partial charge < -0.3 is 15.8 Å². The Hall–Kier alpha value is -1.63. The third kappa shape index (κ3) is 6.77. The number of unbranched alkanes of at least 4 members (excludes halogenated alkanes) is 1. The van der Waals surface area contributed by atoms with Crippen LogP contribution in [0.5, 0.6) is 0 Å². The Labute approximate surface area is 92.9 Å². The summed E-state index contributed by atoms with van der Waals surface area (Å²) in [6, 6.07) is -0.972. The Balaban J connectivity index is 3.49. The number of carbonyl (C=O) groups excluding carboxylic acids is 2. The van der Waals surface area contributed by atoms with Crippen LogP contribution in [-0.4, -0.2) is 24.6 Å². The monoisotopic (exact) mass is 233 g/mol. The van der Waals surface area contributed by atoms with Crippen molar-refractivity contribution in [2.75, 3.05) is 6.54 Å². The summed E-state index contributed by atoms with van der Waals surface area (Å²) in [5, 5.41) is 2.44. The van der Waals surface area contributed by atoms with Crippen molar-refractivity contribution in [2.24, 2.45) is 5.73 Å². The largest absolute Gasteiger partial charge is 0.419 e. The second-order valence-corrected chi connectivity index (χ2v) is 3.06. The van der Waals surface area contributed by atoms with E-state index in [0.29, 0.717) is 19.4 Å². The van der Waals surface area contributed by atoms with Crippen LogP contribution in [0.25, 0.3) is 0 Å². The van der Waals surface area contributed by atoms with E-state index in [2.05, 4.69) is 16.6 Å². The van der Waals surface area contributed by atoms with Crippen molar-refractivity contribution < 1.29 is 18.8 Å². The molecule has 0 aromatic rings. The van der Waals surface area contributed by atoms with Crippen LogP contribution in [0.1, 0.15) is 19.3 Å². The number of alkyl carbamates (subject to hydrolysis) is 1. The fourth-order valence-electron chi connectivity index (χ4n) is 1.03. The molecule has 0 aromatic carbocycles. The first kappa shape index (κ1) is 14.4. The second kappa shape index (κ2) is 8.66. The molecule has 0 radical (unpaired) electrons. The molecule has 2 amide bonds. The molecule has 92 valence electrons. The minimum atomic E-state index is -0.972. The van der Waals surface area contributed by atoms with Crippen LogP contribution < -0.4 is 16.6 Å². The highest BCUT2D eigenvalue weighted by Crippen LogP contribution is 2.00. The third-order valence-electron chi connectivity index (χ3n) is 1.85. The third-order valence-corrected chi connectivity index (χ3v) is 1.85. The molecule has 0 aliphatic carbocycles. The first-order valence-corrected chi connectivity index (χ1v) is 4.82. The van der Waals surface area contributed by atoms with Gasteiger partial charge in [-0.15, -0.1) is 10.0 Å². The lowest BCUT2D eigenvalue weighted by atomic mass is 10.1. The second-order valence-electron chi connectivity index (χ2n) is 3.06. The zero-order chi connectivity index (χ0) is 12.4. The van der Waals surface area contributed by atoms with Gasteiger partial charge in [-0.05, 0) is 19.3 Å². The van der Waals surface area contributed by atoms with Gasteiger partial charge in [0.2, 0.25) is 5.91 Å². The number of rotatable bonds is 8. The number of nitrogens with two attached hydrogens (primary N) is 1. The van der Waals surface area contributed by atoms with Crippen LogP contribution in [0.2, 0.25) is 0 Å². The van der Waals surface area contributed by atoms with Crippen LogP contribution >= 0.6 is 0 Å². The van der Waals surface area contributed by atoms with Crippen LogP contribution in [0, 0.1) is 0 Å². The van der Waals surface area contributed by atoms with E-state index in [0.717, 1.165) is 6.26 Å². The highest BCUT2D eigenvalue weighted by Gasteiger charge is 2.13. The number of hydrogen-bond donors (Lipinski definition) is 3. The molecule has 6 nitrogen and oxygen atoms in total. The lowest BCUT2D eigenvalue weighted by Gasteiger charge is -2.09. The van der Waals surface area contributed by atoms with Gasteiger partial charge in [0.25, 0.3) is 0 Å². The molecule has 16 heavy (non-hydrogen) atoms. The molecular formula is C9H16FN3O3. The Bertz CT molecular complexity index is 248. The van der Waals surface area contributed by atoms with Crippen molar-refractivity contribution in [3.8, 4) is 0 Å². The van der Waals surface area contributed by atoms with Crippen molar-refractivity contribution >= 4 is 12.0 Å². The zero-order valence-electron chi connectivity index (χ0n) is 8.87. The van der Waals surface area contributed by atoms with Gasteiger partial charge in [-0.2, -0.15) is 0 Å². The average molecular weight is 233 g/mol. The van der Waals surface area contributed by atoms with Crippen LogP contribution in [-0.2, 0) is 9.53 Å². The maximum Gasteiger partial charge on any atom is 0.411 e. The lowest BCUT2D eigenvalue weighted by molar-refractivity contribution is -0.121. The number of ether oxygens (including phenoxy) is 1. The van der Waals surface area contributed by atoms with Gasteiger partial charge in [0.05, 0.1) is 6.26 Å². The zero-order valence-corrected chi connectivity index (χ0v) is 8.87. The van der Waals surface area contributed by atoms with E-state index in [4.69, 9.17) is 5.73 Å². The van der Waals surface area contributed by atoms with Crippen molar-refractivity contribution in [2.45, 2.75) is 25.3 Å². The molecule has 0 rings (SSSR count). The fraction of sp³-hybridized carbons (Fsp3) is 0.556. The summed E-state index contributed by atoms with van der Waals surface area (Å²) in [6.07, 6.45) is 1.86. The fourth-order valence-corrected chi connectivity index (χ4v) is 1.03. The van der Waals surface area contributed by atoms with E-state index in [1.54, 1.807) is 0 Å². The molecule has 0 aromatic heterocycles. The van der Waals surface area contributed by atoms with Gasteiger partial charge in [0.1, 0.15) is 6.04 Å². The van der Waals surface area contributed by atoms with E-state index >= 15 is 0 Å². The summed E-state index contributed by atoms with van der Waals surface area (Å²) in [4.78, 5) is 21.4. The molecule has 0 spiro atoms. The van der Waals surface area contributed by atoms with Gasteiger partial charge in [-0.25, -0.2) is 4.79 Å². The van der Waals surface area contributed by atoms with Crippen molar-refractivity contribution in [1.82, 2.24) is 10.9 Å². The van der Waals surface area contributed by atoms with E-state index in [9.17, 15) is 14.1 Å². The first-order valence-electron chi connectivity index (χ1n) is 4.82. The smallest absolute Gasteiger partial charge is 0.411 e. The molecule has 7 heteroatoms. The molecule has 0 heterocycles. The number of carbonyl (C=O) groups is 2. The highest BCUT2D eigenvalue weighted by molar-refractivity contribution is 5.79. The van der Waals surface area contributed by atoms with Gasteiger partial charge in [-0.1, -0.05) is 6.58 Å². The minimum Gasteiger partial charge on any atom is -0.419 e. The SMILES string of the molecule is C=COC(=O)NCCCCC(NF)C(N)=O. The molecule has 0 saturated heterocycles. The van der Waals surface area contributed by atoms with Crippen LogP contribution in [0.4, 0.5) is 9.28 Å². The summed E-state index contributed by atoms with van der Waals surface area (Å²) in [7, 11) is 0. The molecule has 0 saturated carbocycles. The number of primary amides is 1. The molecule has 4 N–H and O–H groups in total. The van der Waals surface area contributed by atoms with Gasteiger partial charge in [0, 0.05) is 6.54 Å². The molecular weight excluding hydrogens is 217 g/mol. The standard InChI is InChI=1S/C9H16FN3O3/c1-2-16-9(15)12-6-4-3-5-7(13-10)8(11)14/h2,7,13H,1,3-6H2,(H2,11,14)(H,12,15). The molecule has 0 aliphatic heterocycles. The number of amides is 2. The van der Waals surface area contributed by atoms with E-state index < -0.39 is 18.0 Å². The topological polar surface area (TPSA) is 93.4 Å². The first-order chi connectivity index (χ1) is 7.61. The van der Waals surface area contributed by atoms with Crippen molar-refractivity contribution in [1.29, 1.82) is 0 Å². The van der Waals surface area contributed by atoms with E-state index in [1.165, 1.54) is 5.54 Å². The summed E-state index contributed by atoms with van der Waals surface area (Å²) in [5.74, 6) is -0.735. The number of hydrogen-bond acceptors (Lipinski definition) is 4. The van der Waals surface area contributed by atoms with E-state index in [-0.39, 0.29) is 6.42 Å². The maximum atomic E-state index is 12.0. The number of halogens is 1. The minimum absolute atomic E-state index is 0.282. The quantitative estimate of drug-likeness (QED) is 0.320. The Morgan fingerprint density at radius 2 is 2.19 bits per heavy atom. The molecule has 0 fully saturated rings. The van der Waals surface area contributed by atoms with Crippen LogP contribution in [0.15, 0.2) is 12.8 Å². The molecule has 1 unspecified atom stereocenters. The van der Waals surface area contributed by atoms with E-state index in [1.807, 2.05) is 0 Å². The molecule has 1 atom stereocenters. The average Bonchev–Trinajstić information content (AvgIpc) is 2.23. The Morgan fingerprint density at radius 3 is 2.69 bits per heavy atom. The normalized spacial score (nSPS) is 11.6. The van der Waals surface area contributed by atoms with Gasteiger partial charge in [-0.3, -0.25) is 4.79 Å². The summed E-state index contributed by atoms with van der Waals surface area (Å²) >= 11 is 0. The summed E-state index contributed by atoms with van der Waals surface area (Å²) in [5.41, 5.74) is 6.23. The maximum absolute atomic E-state index is 12.0. The Morgan fingerprint density at radius 1 is 1.50 bits per heavy atom. The predicted octanol–water partition coefficient (Wildman–Crippen LogP) is 0.354. The Kier molecular flexibility index (Phi) is 7.78. The lowest BCUT2D eigenvalue weighted by Crippen LogP contribution is -2.37. The van der Waals surface area contributed by atoms with Crippen molar-refractivity contribution in [3.05, 3.63) is 12.8 Å². The summed E-state index contributed by atoms with van der Waals surface area (Å²) in [6.45, 7) is 3.59.